The first kappa shape index (κ1) is 16.9. The third-order valence-corrected chi connectivity index (χ3v) is 4.89. The standard InChI is InChI=1S/C16H16BrFN2O4/c1-8(15(22)24-2)20-13-6-12(18)11(17)5-10(13)14(21)19(16(20)23)7-9-3-4-9/h5-6,8-9H,3-4,7H2,1-2H3. The van der Waals surface area contributed by atoms with Gasteiger partial charge in [-0.1, -0.05) is 0 Å². The van der Waals surface area contributed by atoms with Gasteiger partial charge in [-0.05, 0) is 53.7 Å². The second-order valence-electron chi connectivity index (χ2n) is 5.99. The Morgan fingerprint density at radius 1 is 1.42 bits per heavy atom. The maximum Gasteiger partial charge on any atom is 0.332 e. The van der Waals surface area contributed by atoms with E-state index in [1.807, 2.05) is 0 Å². The van der Waals surface area contributed by atoms with E-state index in [0.717, 1.165) is 28.0 Å². The number of carbonyl (C=O) groups excluding carboxylic acids is 1. The number of esters is 1. The quantitative estimate of drug-likeness (QED) is 0.740. The zero-order chi connectivity index (χ0) is 17.6. The molecule has 3 rings (SSSR count). The number of halogens is 2. The van der Waals surface area contributed by atoms with Crippen molar-refractivity contribution in [2.75, 3.05) is 7.11 Å². The van der Waals surface area contributed by atoms with Crippen molar-refractivity contribution in [3.8, 4) is 0 Å². The Hall–Kier alpha value is -1.96. The molecular formula is C16H16BrFN2O4. The van der Waals surface area contributed by atoms with Crippen LogP contribution in [0.15, 0.2) is 26.2 Å². The third kappa shape index (κ3) is 2.79. The molecular weight excluding hydrogens is 383 g/mol. The monoisotopic (exact) mass is 398 g/mol. The fourth-order valence-corrected chi connectivity index (χ4v) is 3.09. The van der Waals surface area contributed by atoms with Gasteiger partial charge >= 0.3 is 11.7 Å². The molecule has 1 unspecified atom stereocenters. The molecule has 0 spiro atoms. The van der Waals surface area contributed by atoms with Crippen LogP contribution in [-0.2, 0) is 16.1 Å². The van der Waals surface area contributed by atoms with Crippen LogP contribution in [0.4, 0.5) is 4.39 Å². The Bertz CT molecular complexity index is 946. The summed E-state index contributed by atoms with van der Waals surface area (Å²) in [5, 5.41) is 0.180. The molecule has 2 aromatic rings. The molecule has 1 aliphatic carbocycles. The molecule has 8 heteroatoms. The third-order valence-electron chi connectivity index (χ3n) is 4.28. The summed E-state index contributed by atoms with van der Waals surface area (Å²) in [6.07, 6.45) is 1.92. The number of ether oxygens (including phenoxy) is 1. The lowest BCUT2D eigenvalue weighted by atomic mass is 10.2. The van der Waals surface area contributed by atoms with E-state index >= 15 is 0 Å². The lowest BCUT2D eigenvalue weighted by Crippen LogP contribution is -2.43. The van der Waals surface area contributed by atoms with Gasteiger partial charge in [-0.15, -0.1) is 0 Å². The second kappa shape index (κ2) is 6.16. The minimum atomic E-state index is -0.975. The normalized spacial score (nSPS) is 15.5. The van der Waals surface area contributed by atoms with Gasteiger partial charge in [0.15, 0.2) is 0 Å². The number of benzene rings is 1. The predicted octanol–water partition coefficient (Wildman–Crippen LogP) is 2.21. The summed E-state index contributed by atoms with van der Waals surface area (Å²) in [5.41, 5.74) is -1.02. The van der Waals surface area contributed by atoms with Gasteiger partial charge in [0.25, 0.3) is 5.56 Å². The lowest BCUT2D eigenvalue weighted by molar-refractivity contribution is -0.144. The van der Waals surface area contributed by atoms with Crippen LogP contribution in [0.2, 0.25) is 0 Å². The molecule has 6 nitrogen and oxygen atoms in total. The molecule has 1 aromatic heterocycles. The van der Waals surface area contributed by atoms with E-state index in [2.05, 4.69) is 15.9 Å². The van der Waals surface area contributed by atoms with Gasteiger partial charge in [-0.25, -0.2) is 14.0 Å². The molecule has 1 saturated carbocycles. The van der Waals surface area contributed by atoms with Crippen LogP contribution >= 0.6 is 15.9 Å². The fourth-order valence-electron chi connectivity index (χ4n) is 2.74. The fraction of sp³-hybridized carbons (Fsp3) is 0.438. The molecule has 0 bridgehead atoms. The Labute approximate surface area is 145 Å². The van der Waals surface area contributed by atoms with Crippen molar-refractivity contribution in [3.63, 3.8) is 0 Å². The maximum absolute atomic E-state index is 14.0. The number of carbonyl (C=O) groups is 1. The van der Waals surface area contributed by atoms with Crippen LogP contribution in [0.1, 0.15) is 25.8 Å². The van der Waals surface area contributed by atoms with E-state index in [0.29, 0.717) is 12.5 Å². The van der Waals surface area contributed by atoms with Crippen molar-refractivity contribution in [1.29, 1.82) is 0 Å². The minimum Gasteiger partial charge on any atom is -0.467 e. The van der Waals surface area contributed by atoms with E-state index in [-0.39, 0.29) is 15.4 Å². The highest BCUT2D eigenvalue weighted by atomic mass is 79.9. The highest BCUT2D eigenvalue weighted by Crippen LogP contribution is 2.30. The number of methoxy groups -OCH3 is 1. The SMILES string of the molecule is COC(=O)C(C)n1c(=O)n(CC2CC2)c(=O)c2cc(Br)c(F)cc21. The van der Waals surface area contributed by atoms with Crippen molar-refractivity contribution >= 4 is 32.8 Å². The Morgan fingerprint density at radius 2 is 2.08 bits per heavy atom. The molecule has 1 aliphatic rings. The summed E-state index contributed by atoms with van der Waals surface area (Å²) in [4.78, 5) is 37.4. The molecule has 128 valence electrons. The van der Waals surface area contributed by atoms with Crippen molar-refractivity contribution in [1.82, 2.24) is 9.13 Å². The molecule has 1 aromatic carbocycles. The minimum absolute atomic E-state index is 0.0793. The van der Waals surface area contributed by atoms with Crippen LogP contribution in [0.3, 0.4) is 0 Å². The lowest BCUT2D eigenvalue weighted by Gasteiger charge is -2.18. The zero-order valence-electron chi connectivity index (χ0n) is 13.2. The number of aromatic nitrogens is 2. The highest BCUT2D eigenvalue weighted by molar-refractivity contribution is 9.10. The van der Waals surface area contributed by atoms with Crippen molar-refractivity contribution in [3.05, 3.63) is 43.3 Å². The van der Waals surface area contributed by atoms with Gasteiger partial charge in [-0.2, -0.15) is 0 Å². The Balaban J connectivity index is 2.37. The smallest absolute Gasteiger partial charge is 0.332 e. The first-order chi connectivity index (χ1) is 11.3. The van der Waals surface area contributed by atoms with Crippen molar-refractivity contribution < 1.29 is 13.9 Å². The molecule has 0 aliphatic heterocycles. The highest BCUT2D eigenvalue weighted by Gasteiger charge is 2.27. The van der Waals surface area contributed by atoms with Gasteiger partial charge in [0.1, 0.15) is 11.9 Å². The number of hydrogen-bond donors (Lipinski definition) is 0. The molecule has 0 radical (unpaired) electrons. The van der Waals surface area contributed by atoms with Gasteiger partial charge in [-0.3, -0.25) is 13.9 Å². The van der Waals surface area contributed by atoms with Gasteiger partial charge in [0, 0.05) is 6.54 Å². The Morgan fingerprint density at radius 3 is 2.67 bits per heavy atom. The molecule has 1 atom stereocenters. The Kier molecular flexibility index (Phi) is 4.33. The molecule has 1 fully saturated rings. The van der Waals surface area contributed by atoms with Crippen LogP contribution < -0.4 is 11.2 Å². The van der Waals surface area contributed by atoms with E-state index in [9.17, 15) is 18.8 Å². The summed E-state index contributed by atoms with van der Waals surface area (Å²) in [7, 11) is 1.21. The topological polar surface area (TPSA) is 70.3 Å². The maximum atomic E-state index is 14.0. The molecule has 1 heterocycles. The first-order valence-corrected chi connectivity index (χ1v) is 8.36. The van der Waals surface area contributed by atoms with Crippen LogP contribution in [0.25, 0.3) is 10.9 Å². The number of nitrogens with zero attached hydrogens (tertiary/aromatic N) is 2. The average molecular weight is 399 g/mol. The van der Waals surface area contributed by atoms with E-state index in [1.165, 1.54) is 20.1 Å². The predicted molar refractivity (Wildman–Crippen MR) is 89.6 cm³/mol. The summed E-state index contributed by atoms with van der Waals surface area (Å²) in [6.45, 7) is 1.79. The summed E-state index contributed by atoms with van der Waals surface area (Å²) in [6, 6.07) is 1.45. The number of rotatable bonds is 4. The van der Waals surface area contributed by atoms with E-state index in [4.69, 9.17) is 4.74 Å². The molecule has 0 amide bonds. The summed E-state index contributed by atoms with van der Waals surface area (Å²) >= 11 is 3.06. The molecule has 0 saturated heterocycles. The molecule has 0 N–H and O–H groups in total. The van der Waals surface area contributed by atoms with E-state index < -0.39 is 29.1 Å². The summed E-state index contributed by atoms with van der Waals surface area (Å²) in [5.74, 6) is -0.968. The van der Waals surface area contributed by atoms with Crippen LogP contribution in [-0.4, -0.2) is 22.2 Å². The summed E-state index contributed by atoms with van der Waals surface area (Å²) < 4.78 is 21.1. The number of hydrogen-bond acceptors (Lipinski definition) is 4. The van der Waals surface area contributed by atoms with Gasteiger partial charge < -0.3 is 4.74 Å². The number of fused-ring (bicyclic) bond motifs is 1. The first-order valence-electron chi connectivity index (χ1n) is 7.57. The van der Waals surface area contributed by atoms with E-state index in [1.54, 1.807) is 0 Å². The molecule has 24 heavy (non-hydrogen) atoms. The van der Waals surface area contributed by atoms with Crippen molar-refractivity contribution in [2.45, 2.75) is 32.4 Å². The second-order valence-corrected chi connectivity index (χ2v) is 6.85. The van der Waals surface area contributed by atoms with Crippen LogP contribution in [0.5, 0.6) is 0 Å². The zero-order valence-corrected chi connectivity index (χ0v) is 14.8. The van der Waals surface area contributed by atoms with Crippen LogP contribution in [0, 0.1) is 11.7 Å². The average Bonchev–Trinajstić information content (AvgIpc) is 3.37. The largest absolute Gasteiger partial charge is 0.467 e. The van der Waals surface area contributed by atoms with Gasteiger partial charge in [0.05, 0.1) is 22.5 Å². The van der Waals surface area contributed by atoms with Gasteiger partial charge in [0.2, 0.25) is 0 Å². The van der Waals surface area contributed by atoms with Crippen molar-refractivity contribution in [2.24, 2.45) is 5.92 Å².